The van der Waals surface area contributed by atoms with Crippen molar-refractivity contribution in [2.75, 3.05) is 10.8 Å². The Balaban J connectivity index is 1.58. The first-order valence-corrected chi connectivity index (χ1v) is 18.5. The molecule has 0 spiro atoms. The second kappa shape index (κ2) is 16.0. The number of hydrogen-bond donors (Lipinski definition) is 1. The van der Waals surface area contributed by atoms with Crippen LogP contribution >= 0.6 is 23.2 Å². The Labute approximate surface area is 293 Å². The van der Waals surface area contributed by atoms with Crippen LogP contribution in [0.25, 0.3) is 0 Å². The molecule has 1 atom stereocenters. The minimum absolute atomic E-state index is 0.0111. The molecule has 10 heteroatoms. The van der Waals surface area contributed by atoms with E-state index in [1.807, 2.05) is 50.2 Å². The molecule has 0 unspecified atom stereocenters. The van der Waals surface area contributed by atoms with Crippen molar-refractivity contribution < 1.29 is 18.0 Å². The summed E-state index contributed by atoms with van der Waals surface area (Å²) in [6, 6.07) is 27.1. The van der Waals surface area contributed by atoms with Gasteiger partial charge in [0.1, 0.15) is 12.6 Å². The predicted molar refractivity (Wildman–Crippen MR) is 193 cm³/mol. The van der Waals surface area contributed by atoms with Crippen molar-refractivity contribution in [1.82, 2.24) is 10.2 Å². The quantitative estimate of drug-likeness (QED) is 0.162. The summed E-state index contributed by atoms with van der Waals surface area (Å²) in [6.45, 7) is 3.33. The van der Waals surface area contributed by atoms with E-state index in [1.165, 1.54) is 17.0 Å². The van der Waals surface area contributed by atoms with Crippen LogP contribution in [0.4, 0.5) is 5.69 Å². The summed E-state index contributed by atoms with van der Waals surface area (Å²) in [7, 11) is -4.18. The normalized spacial score (nSPS) is 14.2. The topological polar surface area (TPSA) is 86.8 Å². The lowest BCUT2D eigenvalue weighted by Crippen LogP contribution is -2.55. The molecule has 252 valence electrons. The van der Waals surface area contributed by atoms with Gasteiger partial charge in [0.25, 0.3) is 10.0 Å². The molecule has 1 fully saturated rings. The van der Waals surface area contributed by atoms with Gasteiger partial charge in [-0.1, -0.05) is 103 Å². The largest absolute Gasteiger partial charge is 0.352 e. The van der Waals surface area contributed by atoms with Crippen molar-refractivity contribution in [3.8, 4) is 0 Å². The summed E-state index contributed by atoms with van der Waals surface area (Å²) in [6.07, 6.45) is 5.18. The number of carbonyl (C=O) groups excluding carboxylic acids is 2. The van der Waals surface area contributed by atoms with Crippen LogP contribution in [-0.4, -0.2) is 43.8 Å². The molecule has 0 aliphatic heterocycles. The van der Waals surface area contributed by atoms with Crippen LogP contribution in [0.3, 0.4) is 0 Å². The Morgan fingerprint density at radius 3 is 2.10 bits per heavy atom. The first kappa shape index (κ1) is 35.5. The molecular formula is C38H41Cl2N3O4S. The van der Waals surface area contributed by atoms with Crippen molar-refractivity contribution in [1.29, 1.82) is 0 Å². The van der Waals surface area contributed by atoms with Crippen LogP contribution in [0.15, 0.2) is 102 Å². The molecule has 0 heterocycles. The number of nitrogens with zero attached hydrogens (tertiary/aromatic N) is 2. The van der Waals surface area contributed by atoms with Gasteiger partial charge in [0, 0.05) is 19.0 Å². The van der Waals surface area contributed by atoms with Crippen molar-refractivity contribution in [2.24, 2.45) is 0 Å². The molecule has 2 amide bonds. The summed E-state index contributed by atoms with van der Waals surface area (Å²) in [5, 5.41) is 3.90. The minimum atomic E-state index is -4.18. The van der Waals surface area contributed by atoms with Gasteiger partial charge in [0.2, 0.25) is 11.8 Å². The molecule has 0 aromatic heterocycles. The molecule has 48 heavy (non-hydrogen) atoms. The number of anilines is 1. The van der Waals surface area contributed by atoms with Gasteiger partial charge in [-0.05, 0) is 85.3 Å². The van der Waals surface area contributed by atoms with Gasteiger partial charge in [0.05, 0.1) is 20.6 Å². The number of nitrogens with one attached hydrogen (secondary N) is 1. The fourth-order valence-electron chi connectivity index (χ4n) is 6.06. The fraction of sp³-hybridized carbons (Fsp3) is 0.316. The SMILES string of the molecule is Cc1ccc(N(CC(=O)N(Cc2ccc(Cl)c(Cl)c2)[C@@H](Cc2ccccc2)C(=O)NC2CCCCC2)S(=O)(=O)c2ccccc2)cc1C. The molecule has 1 aliphatic rings. The molecule has 4 aromatic rings. The number of sulfonamides is 1. The van der Waals surface area contributed by atoms with E-state index < -0.39 is 28.5 Å². The summed E-state index contributed by atoms with van der Waals surface area (Å²) in [5.74, 6) is -0.804. The van der Waals surface area contributed by atoms with Crippen LogP contribution in [0.2, 0.25) is 10.0 Å². The first-order valence-electron chi connectivity index (χ1n) is 16.3. The lowest BCUT2D eigenvalue weighted by Gasteiger charge is -2.35. The Morgan fingerprint density at radius 2 is 1.46 bits per heavy atom. The molecule has 1 aliphatic carbocycles. The molecule has 1 N–H and O–H groups in total. The number of hydrogen-bond acceptors (Lipinski definition) is 4. The monoisotopic (exact) mass is 705 g/mol. The zero-order valence-corrected chi connectivity index (χ0v) is 29.6. The summed E-state index contributed by atoms with van der Waals surface area (Å²) < 4.78 is 29.6. The average molecular weight is 707 g/mol. The number of benzene rings is 4. The van der Waals surface area contributed by atoms with Gasteiger partial charge in [0.15, 0.2) is 0 Å². The van der Waals surface area contributed by atoms with Gasteiger partial charge in [-0.15, -0.1) is 0 Å². The molecule has 0 saturated heterocycles. The molecule has 0 radical (unpaired) electrons. The second-order valence-corrected chi connectivity index (χ2v) is 15.1. The molecule has 7 nitrogen and oxygen atoms in total. The van der Waals surface area contributed by atoms with E-state index in [0.717, 1.165) is 53.1 Å². The Kier molecular flexibility index (Phi) is 11.8. The summed E-state index contributed by atoms with van der Waals surface area (Å²) in [4.78, 5) is 30.5. The Hall–Kier alpha value is -3.85. The predicted octanol–water partition coefficient (Wildman–Crippen LogP) is 7.89. The number of amides is 2. The highest BCUT2D eigenvalue weighted by Crippen LogP contribution is 2.28. The molecule has 5 rings (SSSR count). The zero-order chi connectivity index (χ0) is 34.3. The summed E-state index contributed by atoms with van der Waals surface area (Å²) >= 11 is 12.6. The van der Waals surface area contributed by atoms with Gasteiger partial charge in [-0.3, -0.25) is 13.9 Å². The third kappa shape index (κ3) is 8.78. The van der Waals surface area contributed by atoms with Crippen LogP contribution in [0.5, 0.6) is 0 Å². The van der Waals surface area contributed by atoms with Gasteiger partial charge >= 0.3 is 0 Å². The van der Waals surface area contributed by atoms with Crippen LogP contribution < -0.4 is 9.62 Å². The molecule has 0 bridgehead atoms. The fourth-order valence-corrected chi connectivity index (χ4v) is 7.81. The first-order chi connectivity index (χ1) is 23.0. The maximum absolute atomic E-state index is 14.7. The highest BCUT2D eigenvalue weighted by Gasteiger charge is 2.35. The van der Waals surface area contributed by atoms with E-state index in [0.29, 0.717) is 21.3 Å². The lowest BCUT2D eigenvalue weighted by atomic mass is 9.94. The minimum Gasteiger partial charge on any atom is -0.352 e. The molecule has 1 saturated carbocycles. The third-order valence-electron chi connectivity index (χ3n) is 8.95. The van der Waals surface area contributed by atoms with Gasteiger partial charge in [-0.25, -0.2) is 8.42 Å². The highest BCUT2D eigenvalue weighted by atomic mass is 35.5. The number of rotatable bonds is 12. The van der Waals surface area contributed by atoms with Crippen LogP contribution in [0, 0.1) is 13.8 Å². The van der Waals surface area contributed by atoms with E-state index in [2.05, 4.69) is 5.32 Å². The molecule has 4 aromatic carbocycles. The number of carbonyl (C=O) groups is 2. The molecular weight excluding hydrogens is 665 g/mol. The van der Waals surface area contributed by atoms with Crippen molar-refractivity contribution in [2.45, 2.75) is 75.9 Å². The average Bonchev–Trinajstić information content (AvgIpc) is 3.09. The summed E-state index contributed by atoms with van der Waals surface area (Å²) in [5.41, 5.74) is 3.76. The Morgan fingerprint density at radius 1 is 0.792 bits per heavy atom. The smallest absolute Gasteiger partial charge is 0.264 e. The van der Waals surface area contributed by atoms with Gasteiger partial charge in [-0.2, -0.15) is 0 Å². The lowest BCUT2D eigenvalue weighted by molar-refractivity contribution is -0.140. The van der Waals surface area contributed by atoms with E-state index in [1.54, 1.807) is 48.5 Å². The Bertz CT molecular complexity index is 1830. The van der Waals surface area contributed by atoms with Crippen LogP contribution in [0.1, 0.15) is 54.4 Å². The second-order valence-electron chi connectivity index (χ2n) is 12.4. The maximum Gasteiger partial charge on any atom is 0.264 e. The van der Waals surface area contributed by atoms with E-state index in [4.69, 9.17) is 23.2 Å². The maximum atomic E-state index is 14.7. The van der Waals surface area contributed by atoms with E-state index in [-0.39, 0.29) is 29.8 Å². The van der Waals surface area contributed by atoms with Crippen molar-refractivity contribution in [3.05, 3.63) is 129 Å². The van der Waals surface area contributed by atoms with E-state index in [9.17, 15) is 18.0 Å². The third-order valence-corrected chi connectivity index (χ3v) is 11.5. The number of aryl methyl sites for hydroxylation is 2. The standard InChI is InChI=1S/C38H41Cl2N3O4S/c1-27-18-20-32(22-28(27)2)43(48(46,47)33-16-10-5-11-17-33)26-37(44)42(25-30-19-21-34(39)35(40)23-30)36(24-29-12-6-3-7-13-29)38(45)41-31-14-8-4-9-15-31/h3,5-7,10-13,16-23,31,36H,4,8-9,14-15,24-26H2,1-2H3,(H,41,45)/t36-/m0/s1. The number of halogens is 2. The van der Waals surface area contributed by atoms with Crippen molar-refractivity contribution in [3.63, 3.8) is 0 Å². The van der Waals surface area contributed by atoms with Crippen LogP contribution in [-0.2, 0) is 32.6 Å². The zero-order valence-electron chi connectivity index (χ0n) is 27.2. The van der Waals surface area contributed by atoms with E-state index >= 15 is 0 Å². The van der Waals surface area contributed by atoms with Crippen molar-refractivity contribution >= 4 is 50.7 Å². The highest BCUT2D eigenvalue weighted by molar-refractivity contribution is 7.92. The van der Waals surface area contributed by atoms with Gasteiger partial charge < -0.3 is 10.2 Å².